The molecule has 0 heterocycles. The molecule has 49 valence electrons. The van der Waals surface area contributed by atoms with Gasteiger partial charge in [0.15, 0.2) is 0 Å². The average Bonchev–Trinajstić information content (AvgIpc) is 1.83. The monoisotopic (exact) mass is 202 g/mol. The molecule has 0 unspecified atom stereocenters. The molecule has 4 nitrogen and oxygen atoms in total. The minimum atomic E-state index is -0.217. The van der Waals surface area contributed by atoms with Crippen molar-refractivity contribution < 1.29 is 32.7 Å². The van der Waals surface area contributed by atoms with Gasteiger partial charge in [-0.15, -0.1) is 6.04 Å². The summed E-state index contributed by atoms with van der Waals surface area (Å²) in [6.45, 7) is 2.19. The molecule has 0 saturated carbocycles. The quantitative estimate of drug-likeness (QED) is 0.382. The van der Waals surface area contributed by atoms with Crippen LogP contribution in [0.15, 0.2) is 5.11 Å². The van der Waals surface area contributed by atoms with E-state index in [1.165, 1.54) is 0 Å². The molecule has 1 atom stereocenters. The summed E-state index contributed by atoms with van der Waals surface area (Å²) in [5.74, 6) is 0. The van der Waals surface area contributed by atoms with Gasteiger partial charge in [-0.3, -0.25) is 0 Å². The summed E-state index contributed by atoms with van der Waals surface area (Å²) in [5, 5.41) is 3.24. The summed E-state index contributed by atoms with van der Waals surface area (Å²) in [4.78, 5) is 2.53. The molecular formula is C4H9N4Y-. The predicted octanol–water partition coefficient (Wildman–Crippen LogP) is 2.12. The third-order valence-electron chi connectivity index (χ3n) is 0.858. The fourth-order valence-electron chi connectivity index (χ4n) is 0.264. The normalized spacial score (nSPS) is 10.9. The van der Waals surface area contributed by atoms with Crippen LogP contribution in [-0.4, -0.2) is 12.6 Å². The van der Waals surface area contributed by atoms with Crippen molar-refractivity contribution in [1.82, 2.24) is 0 Å². The second kappa shape index (κ2) is 8.37. The molecule has 0 aromatic heterocycles. The Balaban J connectivity index is 0. The number of azide groups is 1. The van der Waals surface area contributed by atoms with Gasteiger partial charge in [0.25, 0.3) is 0 Å². The van der Waals surface area contributed by atoms with Crippen molar-refractivity contribution in [3.63, 3.8) is 0 Å². The van der Waals surface area contributed by atoms with E-state index in [0.29, 0.717) is 6.54 Å². The van der Waals surface area contributed by atoms with Crippen molar-refractivity contribution in [2.45, 2.75) is 19.4 Å². The maximum absolute atomic E-state index is 7.79. The molecule has 0 aliphatic carbocycles. The van der Waals surface area contributed by atoms with Crippen LogP contribution in [0.3, 0.4) is 0 Å². The van der Waals surface area contributed by atoms with Gasteiger partial charge in [0.2, 0.25) is 0 Å². The first-order valence-electron chi connectivity index (χ1n) is 2.53. The molecule has 0 aliphatic rings. The second-order valence-corrected chi connectivity index (χ2v) is 1.52. The Hall–Kier alpha value is 0.374. The van der Waals surface area contributed by atoms with Crippen LogP contribution >= 0.6 is 0 Å². The largest absolute Gasteiger partial charge is 0.675 e. The van der Waals surface area contributed by atoms with Crippen LogP contribution in [0.25, 0.3) is 16.2 Å². The maximum Gasteiger partial charge on any atom is 0.00952 e. The van der Waals surface area contributed by atoms with Gasteiger partial charge in [0, 0.05) is 44.2 Å². The molecule has 9 heavy (non-hydrogen) atoms. The molecule has 0 bridgehead atoms. The third kappa shape index (κ3) is 8.37. The van der Waals surface area contributed by atoms with E-state index in [0.717, 1.165) is 6.42 Å². The van der Waals surface area contributed by atoms with Gasteiger partial charge in [-0.1, -0.05) is 18.5 Å². The van der Waals surface area contributed by atoms with Crippen molar-refractivity contribution in [3.8, 4) is 0 Å². The maximum atomic E-state index is 7.79. The van der Waals surface area contributed by atoms with Crippen molar-refractivity contribution >= 4 is 0 Å². The van der Waals surface area contributed by atoms with Crippen molar-refractivity contribution in [2.75, 3.05) is 6.54 Å². The van der Waals surface area contributed by atoms with E-state index in [-0.39, 0.29) is 38.8 Å². The first kappa shape index (κ1) is 12.1. The number of rotatable bonds is 3. The Bertz CT molecular complexity index is 98.7. The smallest absolute Gasteiger partial charge is 0.00952 e. The van der Waals surface area contributed by atoms with Crippen LogP contribution in [0.1, 0.15) is 13.3 Å². The van der Waals surface area contributed by atoms with Crippen LogP contribution in [0.5, 0.6) is 0 Å². The van der Waals surface area contributed by atoms with E-state index in [4.69, 9.17) is 11.3 Å². The first-order valence-corrected chi connectivity index (χ1v) is 2.53. The van der Waals surface area contributed by atoms with Crippen molar-refractivity contribution in [3.05, 3.63) is 16.2 Å². The van der Waals surface area contributed by atoms with Crippen molar-refractivity contribution in [1.29, 1.82) is 0 Å². The first-order chi connectivity index (χ1) is 3.81. The summed E-state index contributed by atoms with van der Waals surface area (Å²) in [7, 11) is 0. The van der Waals surface area contributed by atoms with Crippen LogP contribution in [-0.2, 0) is 32.7 Å². The Kier molecular flexibility index (Phi) is 11.2. The summed E-state index contributed by atoms with van der Waals surface area (Å²) in [6, 6.07) is -0.217. The molecule has 0 amide bonds. The molecule has 0 aliphatic heterocycles. The van der Waals surface area contributed by atoms with E-state index in [2.05, 4.69) is 10.0 Å². The zero-order valence-corrected chi connectivity index (χ0v) is 8.25. The number of nitrogens with one attached hydrogen (secondary N) is 1. The summed E-state index contributed by atoms with van der Waals surface area (Å²) >= 11 is 0. The SMILES string of the molecule is CC[C@@H]([NH-])CN=[N+]=[N-].[Y]. The minimum Gasteiger partial charge on any atom is -0.675 e. The summed E-state index contributed by atoms with van der Waals surface area (Å²) in [6.07, 6.45) is 0.749. The van der Waals surface area contributed by atoms with Gasteiger partial charge in [-0.05, 0) is 5.53 Å². The Morgan fingerprint density at radius 3 is 2.67 bits per heavy atom. The fourth-order valence-corrected chi connectivity index (χ4v) is 0.264. The molecule has 0 spiro atoms. The van der Waals surface area contributed by atoms with E-state index >= 15 is 0 Å². The Labute approximate surface area is 79.7 Å². The predicted molar refractivity (Wildman–Crippen MR) is 32.4 cm³/mol. The van der Waals surface area contributed by atoms with Crippen LogP contribution in [0.4, 0.5) is 0 Å². The molecule has 0 fully saturated rings. The summed E-state index contributed by atoms with van der Waals surface area (Å²) < 4.78 is 0. The molecule has 0 aromatic carbocycles. The number of hydrogen-bond donors (Lipinski definition) is 0. The van der Waals surface area contributed by atoms with Crippen LogP contribution in [0, 0.1) is 0 Å². The zero-order valence-electron chi connectivity index (χ0n) is 5.41. The number of nitrogens with zero attached hydrogens (tertiary/aromatic N) is 3. The van der Waals surface area contributed by atoms with Gasteiger partial charge in [0.1, 0.15) is 0 Å². The molecule has 1 radical (unpaired) electrons. The van der Waals surface area contributed by atoms with E-state index < -0.39 is 0 Å². The van der Waals surface area contributed by atoms with Crippen molar-refractivity contribution in [2.24, 2.45) is 5.11 Å². The topological polar surface area (TPSA) is 72.6 Å². The van der Waals surface area contributed by atoms with Gasteiger partial charge in [0.05, 0.1) is 0 Å². The van der Waals surface area contributed by atoms with E-state index in [1.807, 2.05) is 6.92 Å². The van der Waals surface area contributed by atoms with Gasteiger partial charge < -0.3 is 5.73 Å². The molecule has 1 N–H and O–H groups in total. The molecule has 0 rings (SSSR count). The average molecular weight is 202 g/mol. The van der Waals surface area contributed by atoms with Gasteiger partial charge >= 0.3 is 0 Å². The Morgan fingerprint density at radius 2 is 2.33 bits per heavy atom. The summed E-state index contributed by atoms with van der Waals surface area (Å²) in [5.41, 5.74) is 14.8. The molecule has 0 aromatic rings. The molecule has 0 saturated heterocycles. The van der Waals surface area contributed by atoms with Gasteiger partial charge in [-0.25, -0.2) is 0 Å². The minimum absolute atomic E-state index is 0. The molecule has 5 heteroatoms. The van der Waals surface area contributed by atoms with Crippen LogP contribution in [0.2, 0.25) is 0 Å². The molecular weight excluding hydrogens is 193 g/mol. The van der Waals surface area contributed by atoms with E-state index in [1.54, 1.807) is 0 Å². The standard InChI is InChI=1S/C4H9N4.Y/c1-2-4(5)3-7-8-6;/h4-5H,2-3H2,1H3;/q-1;/t4-;/m1./s1. The fraction of sp³-hybridized carbons (Fsp3) is 1.00. The van der Waals surface area contributed by atoms with Crippen LogP contribution < -0.4 is 0 Å². The van der Waals surface area contributed by atoms with Gasteiger partial charge in [-0.2, -0.15) is 0 Å². The zero-order chi connectivity index (χ0) is 6.41. The Morgan fingerprint density at radius 1 is 1.78 bits per heavy atom. The third-order valence-corrected chi connectivity index (χ3v) is 0.858. The van der Waals surface area contributed by atoms with E-state index in [9.17, 15) is 0 Å². The number of hydrogen-bond acceptors (Lipinski definition) is 1. The second-order valence-electron chi connectivity index (χ2n) is 1.52.